The Morgan fingerprint density at radius 3 is 2.61 bits per heavy atom. The minimum Gasteiger partial charge on any atom is -0.482 e. The van der Waals surface area contributed by atoms with Crippen molar-refractivity contribution in [2.45, 2.75) is 11.3 Å². The molecule has 0 spiro atoms. The molecule has 10 heteroatoms. The molecule has 0 atom stereocenters. The summed E-state index contributed by atoms with van der Waals surface area (Å²) in [6, 6.07) is 8.76. The molecule has 28 heavy (non-hydrogen) atoms. The molecular formula is C18H17ClN2O6S. The smallest absolute Gasteiger partial charge is 0.337 e. The van der Waals surface area contributed by atoms with E-state index in [1.807, 2.05) is 0 Å². The lowest BCUT2D eigenvalue weighted by molar-refractivity contribution is -0.120. The number of sulfonamides is 1. The number of methoxy groups -OCH3 is 1. The number of amides is 1. The predicted octanol–water partition coefficient (Wildman–Crippen LogP) is 1.74. The van der Waals surface area contributed by atoms with E-state index in [4.69, 9.17) is 21.5 Å². The summed E-state index contributed by atoms with van der Waals surface area (Å²) in [6.07, 6.45) is 0.513. The summed E-state index contributed by atoms with van der Waals surface area (Å²) in [6.45, 7) is 0.133. The highest BCUT2D eigenvalue weighted by Crippen LogP contribution is 2.31. The van der Waals surface area contributed by atoms with Gasteiger partial charge in [-0.05, 0) is 48.4 Å². The Kier molecular flexibility index (Phi) is 5.59. The van der Waals surface area contributed by atoms with Crippen molar-refractivity contribution in [3.8, 4) is 5.75 Å². The topological polar surface area (TPSA) is 116 Å². The number of hydrogen-bond donors (Lipinski definition) is 1. The molecule has 0 saturated heterocycles. The minimum absolute atomic E-state index is 0.00859. The second kappa shape index (κ2) is 7.78. The summed E-state index contributed by atoms with van der Waals surface area (Å²) < 4.78 is 33.0. The molecule has 0 aromatic heterocycles. The number of nitrogens with two attached hydrogens (primary N) is 1. The zero-order valence-corrected chi connectivity index (χ0v) is 16.4. The number of esters is 1. The van der Waals surface area contributed by atoms with E-state index in [2.05, 4.69) is 4.74 Å². The van der Waals surface area contributed by atoms with Crippen molar-refractivity contribution in [1.29, 1.82) is 0 Å². The van der Waals surface area contributed by atoms with Crippen molar-refractivity contribution >= 4 is 39.2 Å². The van der Waals surface area contributed by atoms with Crippen LogP contribution in [0.1, 0.15) is 15.9 Å². The second-order valence-electron chi connectivity index (χ2n) is 6.06. The summed E-state index contributed by atoms with van der Waals surface area (Å²) in [4.78, 5) is 25.6. The van der Waals surface area contributed by atoms with Crippen LogP contribution in [-0.2, 0) is 26.0 Å². The van der Waals surface area contributed by atoms with Gasteiger partial charge in [-0.3, -0.25) is 4.79 Å². The molecule has 2 aromatic carbocycles. The maximum Gasteiger partial charge on any atom is 0.337 e. The van der Waals surface area contributed by atoms with Gasteiger partial charge in [-0.15, -0.1) is 0 Å². The number of hydrogen-bond acceptors (Lipinski definition) is 6. The van der Waals surface area contributed by atoms with Crippen LogP contribution in [0, 0.1) is 0 Å². The lowest BCUT2D eigenvalue weighted by Gasteiger charge is -2.18. The van der Waals surface area contributed by atoms with Crippen molar-refractivity contribution in [1.82, 2.24) is 0 Å². The predicted molar refractivity (Wildman–Crippen MR) is 102 cm³/mol. The van der Waals surface area contributed by atoms with Gasteiger partial charge in [-0.2, -0.15) is 0 Å². The summed E-state index contributed by atoms with van der Waals surface area (Å²) in [7, 11) is -2.54. The molecule has 2 N–H and O–H groups in total. The quantitative estimate of drug-likeness (QED) is 0.731. The molecule has 2 aromatic rings. The van der Waals surface area contributed by atoms with Gasteiger partial charge in [-0.25, -0.2) is 18.4 Å². The zero-order valence-electron chi connectivity index (χ0n) is 14.8. The standard InChI is InChI=1S/C18H17ClN2O6S/c1-26-18(23)12-2-5-16(14(19)9-12)27-10-17(22)21-7-6-11-8-13(28(20,24)25)3-4-15(11)21/h2-5,8-9H,6-7,10H2,1H3,(H2,20,24,25). The van der Waals surface area contributed by atoms with Crippen LogP contribution in [0.3, 0.4) is 0 Å². The number of halogens is 1. The van der Waals surface area contributed by atoms with Crippen LogP contribution in [0.2, 0.25) is 5.02 Å². The Bertz CT molecular complexity index is 1050. The molecule has 1 aliphatic rings. The van der Waals surface area contributed by atoms with Gasteiger partial charge < -0.3 is 14.4 Å². The maximum atomic E-state index is 12.5. The van der Waals surface area contributed by atoms with Crippen LogP contribution in [-0.4, -0.2) is 40.6 Å². The molecule has 0 aliphatic carbocycles. The van der Waals surface area contributed by atoms with Crippen molar-refractivity contribution in [3.05, 3.63) is 52.5 Å². The number of fused-ring (bicyclic) bond motifs is 1. The lowest BCUT2D eigenvalue weighted by atomic mass is 10.2. The third kappa shape index (κ3) is 4.11. The highest BCUT2D eigenvalue weighted by atomic mass is 35.5. The fourth-order valence-electron chi connectivity index (χ4n) is 2.89. The first-order valence-corrected chi connectivity index (χ1v) is 10.1. The second-order valence-corrected chi connectivity index (χ2v) is 8.02. The van der Waals surface area contributed by atoms with Crippen LogP contribution in [0.5, 0.6) is 5.75 Å². The largest absolute Gasteiger partial charge is 0.482 e. The van der Waals surface area contributed by atoms with Gasteiger partial charge in [0.25, 0.3) is 5.91 Å². The van der Waals surface area contributed by atoms with Gasteiger partial charge in [0.1, 0.15) is 5.75 Å². The minimum atomic E-state index is -3.80. The highest BCUT2D eigenvalue weighted by molar-refractivity contribution is 7.89. The Hall–Kier alpha value is -2.62. The number of carbonyl (C=O) groups is 2. The van der Waals surface area contributed by atoms with E-state index in [9.17, 15) is 18.0 Å². The molecule has 148 valence electrons. The van der Waals surface area contributed by atoms with E-state index in [1.54, 1.807) is 6.07 Å². The Balaban J connectivity index is 1.70. The van der Waals surface area contributed by atoms with Gasteiger partial charge in [0, 0.05) is 12.2 Å². The monoisotopic (exact) mass is 424 g/mol. The SMILES string of the molecule is COC(=O)c1ccc(OCC(=O)N2CCc3cc(S(N)(=O)=O)ccc32)c(Cl)c1. The fraction of sp³-hybridized carbons (Fsp3) is 0.222. The van der Waals surface area contributed by atoms with Gasteiger partial charge in [0.2, 0.25) is 10.0 Å². The van der Waals surface area contributed by atoms with E-state index in [0.29, 0.717) is 18.7 Å². The van der Waals surface area contributed by atoms with Gasteiger partial charge >= 0.3 is 5.97 Å². The number of primary sulfonamides is 1. The summed E-state index contributed by atoms with van der Waals surface area (Å²) in [5.41, 5.74) is 1.61. The maximum absolute atomic E-state index is 12.5. The van der Waals surface area contributed by atoms with E-state index >= 15 is 0 Å². The number of benzene rings is 2. The molecule has 0 saturated carbocycles. The summed E-state index contributed by atoms with van der Waals surface area (Å²) in [5.74, 6) is -0.584. The summed E-state index contributed by atoms with van der Waals surface area (Å²) >= 11 is 6.09. The first kappa shape index (κ1) is 20.1. The van der Waals surface area contributed by atoms with Crippen molar-refractivity contribution in [3.63, 3.8) is 0 Å². The van der Waals surface area contributed by atoms with Crippen LogP contribution < -0.4 is 14.8 Å². The average molecular weight is 425 g/mol. The number of nitrogens with zero attached hydrogens (tertiary/aromatic N) is 1. The molecule has 0 fully saturated rings. The molecule has 1 aliphatic heterocycles. The van der Waals surface area contributed by atoms with Crippen LogP contribution >= 0.6 is 11.6 Å². The van der Waals surface area contributed by atoms with Gasteiger partial charge in [-0.1, -0.05) is 11.6 Å². The summed E-state index contributed by atoms with van der Waals surface area (Å²) in [5, 5.41) is 5.32. The number of carbonyl (C=O) groups excluding carboxylic acids is 2. The Morgan fingerprint density at radius 1 is 1.21 bits per heavy atom. The van der Waals surface area contributed by atoms with E-state index in [1.165, 1.54) is 42.3 Å². The average Bonchev–Trinajstić information content (AvgIpc) is 3.08. The molecule has 0 radical (unpaired) electrons. The molecular weight excluding hydrogens is 408 g/mol. The normalized spacial score (nSPS) is 13.2. The lowest BCUT2D eigenvalue weighted by Crippen LogP contribution is -2.33. The molecule has 1 heterocycles. The fourth-order valence-corrected chi connectivity index (χ4v) is 3.69. The Morgan fingerprint density at radius 2 is 1.96 bits per heavy atom. The molecule has 0 unspecified atom stereocenters. The van der Waals surface area contributed by atoms with Crippen molar-refractivity contribution in [2.75, 3.05) is 25.2 Å². The van der Waals surface area contributed by atoms with Crippen molar-refractivity contribution < 1.29 is 27.5 Å². The number of anilines is 1. The molecule has 3 rings (SSSR count). The molecule has 0 bridgehead atoms. The van der Waals surface area contributed by atoms with Crippen LogP contribution in [0.25, 0.3) is 0 Å². The molecule has 1 amide bonds. The van der Waals surface area contributed by atoms with Gasteiger partial charge in [0.15, 0.2) is 6.61 Å². The highest BCUT2D eigenvalue weighted by Gasteiger charge is 2.26. The zero-order chi connectivity index (χ0) is 20.5. The number of rotatable bonds is 5. The third-order valence-corrected chi connectivity index (χ3v) is 5.49. The first-order chi connectivity index (χ1) is 13.2. The Labute approximate surface area is 166 Å². The van der Waals surface area contributed by atoms with E-state index < -0.39 is 16.0 Å². The van der Waals surface area contributed by atoms with E-state index in [-0.39, 0.29) is 33.7 Å². The van der Waals surface area contributed by atoms with Crippen LogP contribution in [0.4, 0.5) is 5.69 Å². The number of ether oxygens (including phenoxy) is 2. The van der Waals surface area contributed by atoms with E-state index in [0.717, 1.165) is 5.56 Å². The third-order valence-electron chi connectivity index (χ3n) is 4.28. The molecule has 8 nitrogen and oxygen atoms in total. The van der Waals surface area contributed by atoms with Gasteiger partial charge in [0.05, 0.1) is 22.6 Å². The first-order valence-electron chi connectivity index (χ1n) is 8.17. The van der Waals surface area contributed by atoms with Crippen LogP contribution in [0.15, 0.2) is 41.3 Å². The van der Waals surface area contributed by atoms with Crippen molar-refractivity contribution in [2.24, 2.45) is 5.14 Å².